The molecule has 0 fully saturated rings. The molecule has 1 aromatic rings. The van der Waals surface area contributed by atoms with Crippen LogP contribution in [-0.2, 0) is 4.74 Å². The van der Waals surface area contributed by atoms with Gasteiger partial charge in [0.1, 0.15) is 0 Å². The van der Waals surface area contributed by atoms with Crippen LogP contribution in [0.15, 0.2) is 30.3 Å². The van der Waals surface area contributed by atoms with Gasteiger partial charge in [0.15, 0.2) is 0 Å². The molecule has 0 aliphatic rings. The summed E-state index contributed by atoms with van der Waals surface area (Å²) in [5, 5.41) is 3.42. The number of hydrogen-bond acceptors (Lipinski definition) is 3. The number of nitrogens with one attached hydrogen (secondary N) is 1. The van der Waals surface area contributed by atoms with Gasteiger partial charge in [0.2, 0.25) is 0 Å². The van der Waals surface area contributed by atoms with Crippen LogP contribution in [0.3, 0.4) is 0 Å². The molecule has 0 spiro atoms. The average Bonchev–Trinajstić information content (AvgIpc) is 2.38. The van der Waals surface area contributed by atoms with Gasteiger partial charge in [-0.3, -0.25) is 4.90 Å². The van der Waals surface area contributed by atoms with Crippen LogP contribution in [0.2, 0.25) is 0 Å². The van der Waals surface area contributed by atoms with Gasteiger partial charge in [-0.1, -0.05) is 37.3 Å². The summed E-state index contributed by atoms with van der Waals surface area (Å²) in [4.78, 5) is 2.33. The Balaban J connectivity index is 2.66. The van der Waals surface area contributed by atoms with Gasteiger partial charge in [-0.25, -0.2) is 0 Å². The van der Waals surface area contributed by atoms with Crippen LogP contribution in [0.4, 0.5) is 0 Å². The minimum atomic E-state index is 0.409. The first-order chi connectivity index (χ1) is 8.29. The zero-order valence-electron chi connectivity index (χ0n) is 11.1. The van der Waals surface area contributed by atoms with Crippen molar-refractivity contribution in [1.82, 2.24) is 10.2 Å². The highest BCUT2D eigenvalue weighted by atomic mass is 16.5. The van der Waals surface area contributed by atoms with E-state index in [4.69, 9.17) is 4.74 Å². The van der Waals surface area contributed by atoms with Gasteiger partial charge in [-0.15, -0.1) is 0 Å². The van der Waals surface area contributed by atoms with E-state index >= 15 is 0 Å². The standard InChI is InChI=1S/C14H24N2O/c1-4-15-12-14(16(2)10-11-17-3)13-8-6-5-7-9-13/h5-9,14-15H,4,10-12H2,1-3H3. The molecule has 0 heterocycles. The molecule has 17 heavy (non-hydrogen) atoms. The molecule has 0 saturated heterocycles. The summed E-state index contributed by atoms with van der Waals surface area (Å²) in [5.74, 6) is 0. The quantitative estimate of drug-likeness (QED) is 0.746. The molecule has 1 unspecified atom stereocenters. The maximum absolute atomic E-state index is 5.14. The number of benzene rings is 1. The molecule has 3 nitrogen and oxygen atoms in total. The van der Waals surface area contributed by atoms with Crippen molar-refractivity contribution < 1.29 is 4.74 Å². The van der Waals surface area contributed by atoms with Crippen molar-refractivity contribution in [3.8, 4) is 0 Å². The summed E-state index contributed by atoms with van der Waals surface area (Å²) < 4.78 is 5.14. The number of likely N-dealkylation sites (N-methyl/N-ethyl adjacent to an activating group) is 2. The lowest BCUT2D eigenvalue weighted by Gasteiger charge is -2.28. The Labute approximate surface area is 105 Å². The first-order valence-corrected chi connectivity index (χ1v) is 6.24. The molecule has 1 aromatic carbocycles. The maximum Gasteiger partial charge on any atom is 0.0589 e. The van der Waals surface area contributed by atoms with E-state index in [-0.39, 0.29) is 0 Å². The summed E-state index contributed by atoms with van der Waals surface area (Å²) >= 11 is 0. The molecular formula is C14H24N2O. The largest absolute Gasteiger partial charge is 0.383 e. The minimum absolute atomic E-state index is 0.409. The van der Waals surface area contributed by atoms with E-state index in [1.165, 1.54) is 5.56 Å². The number of nitrogens with zero attached hydrogens (tertiary/aromatic N) is 1. The van der Waals surface area contributed by atoms with Crippen molar-refractivity contribution in [1.29, 1.82) is 0 Å². The van der Waals surface area contributed by atoms with Crippen molar-refractivity contribution in [2.24, 2.45) is 0 Å². The first-order valence-electron chi connectivity index (χ1n) is 6.24. The molecule has 0 saturated carbocycles. The topological polar surface area (TPSA) is 24.5 Å². The van der Waals surface area contributed by atoms with Crippen molar-refractivity contribution in [2.45, 2.75) is 13.0 Å². The zero-order valence-corrected chi connectivity index (χ0v) is 11.1. The molecule has 96 valence electrons. The lowest BCUT2D eigenvalue weighted by Crippen LogP contribution is -2.35. The van der Waals surface area contributed by atoms with Crippen molar-refractivity contribution in [2.75, 3.05) is 40.4 Å². The number of ether oxygens (including phenoxy) is 1. The Morgan fingerprint density at radius 3 is 2.59 bits per heavy atom. The molecule has 0 radical (unpaired) electrons. The number of rotatable bonds is 8. The third kappa shape index (κ3) is 4.86. The third-order valence-corrected chi connectivity index (χ3v) is 2.95. The maximum atomic E-state index is 5.14. The lowest BCUT2D eigenvalue weighted by molar-refractivity contribution is 0.138. The molecule has 1 atom stereocenters. The Morgan fingerprint density at radius 2 is 2.00 bits per heavy atom. The van der Waals surface area contributed by atoms with E-state index in [0.717, 1.165) is 26.2 Å². The number of hydrogen-bond donors (Lipinski definition) is 1. The molecule has 1 rings (SSSR count). The fraction of sp³-hybridized carbons (Fsp3) is 0.571. The predicted octanol–water partition coefficient (Wildman–Crippen LogP) is 1.92. The van der Waals surface area contributed by atoms with Gasteiger partial charge in [0, 0.05) is 26.2 Å². The van der Waals surface area contributed by atoms with Gasteiger partial charge in [-0.2, -0.15) is 0 Å². The monoisotopic (exact) mass is 236 g/mol. The molecule has 0 bridgehead atoms. The van der Waals surface area contributed by atoms with Crippen molar-refractivity contribution in [3.05, 3.63) is 35.9 Å². The fourth-order valence-electron chi connectivity index (χ4n) is 1.88. The summed E-state index contributed by atoms with van der Waals surface area (Å²) in [5.41, 5.74) is 1.35. The van der Waals surface area contributed by atoms with Crippen LogP contribution in [-0.4, -0.2) is 45.3 Å². The van der Waals surface area contributed by atoms with Gasteiger partial charge in [0.05, 0.1) is 6.61 Å². The Kier molecular flexibility index (Phi) is 6.86. The van der Waals surface area contributed by atoms with Gasteiger partial charge in [0.25, 0.3) is 0 Å². The molecule has 0 aliphatic heterocycles. The lowest BCUT2D eigenvalue weighted by atomic mass is 10.1. The van der Waals surface area contributed by atoms with Crippen LogP contribution in [0.1, 0.15) is 18.5 Å². The van der Waals surface area contributed by atoms with E-state index in [2.05, 4.69) is 54.5 Å². The minimum Gasteiger partial charge on any atom is -0.383 e. The second kappa shape index (κ2) is 8.23. The van der Waals surface area contributed by atoms with E-state index in [1.807, 2.05) is 0 Å². The van der Waals surface area contributed by atoms with Crippen LogP contribution in [0, 0.1) is 0 Å². The average molecular weight is 236 g/mol. The van der Waals surface area contributed by atoms with Crippen LogP contribution < -0.4 is 5.32 Å². The Bertz CT molecular complexity index is 290. The fourth-order valence-corrected chi connectivity index (χ4v) is 1.88. The molecule has 3 heteroatoms. The molecule has 0 amide bonds. The normalized spacial score (nSPS) is 12.9. The highest BCUT2D eigenvalue weighted by molar-refractivity contribution is 5.19. The number of methoxy groups -OCH3 is 1. The van der Waals surface area contributed by atoms with E-state index in [9.17, 15) is 0 Å². The van der Waals surface area contributed by atoms with Gasteiger partial charge < -0.3 is 10.1 Å². The van der Waals surface area contributed by atoms with Gasteiger partial charge >= 0.3 is 0 Å². The molecule has 1 N–H and O–H groups in total. The second-order valence-corrected chi connectivity index (χ2v) is 4.21. The van der Waals surface area contributed by atoms with Crippen molar-refractivity contribution >= 4 is 0 Å². The van der Waals surface area contributed by atoms with Crippen LogP contribution >= 0.6 is 0 Å². The molecular weight excluding hydrogens is 212 g/mol. The first kappa shape index (κ1) is 14.2. The van der Waals surface area contributed by atoms with Crippen LogP contribution in [0.5, 0.6) is 0 Å². The summed E-state index contributed by atoms with van der Waals surface area (Å²) in [6, 6.07) is 11.0. The van der Waals surface area contributed by atoms with E-state index in [0.29, 0.717) is 6.04 Å². The molecule has 0 aliphatic carbocycles. The van der Waals surface area contributed by atoms with E-state index in [1.54, 1.807) is 7.11 Å². The Morgan fingerprint density at radius 1 is 1.29 bits per heavy atom. The predicted molar refractivity (Wildman–Crippen MR) is 72.2 cm³/mol. The highest BCUT2D eigenvalue weighted by Gasteiger charge is 2.15. The molecule has 0 aromatic heterocycles. The summed E-state index contributed by atoms with van der Waals surface area (Å²) in [6.45, 7) is 5.83. The summed E-state index contributed by atoms with van der Waals surface area (Å²) in [7, 11) is 3.89. The summed E-state index contributed by atoms with van der Waals surface area (Å²) in [6.07, 6.45) is 0. The third-order valence-electron chi connectivity index (χ3n) is 2.95. The van der Waals surface area contributed by atoms with E-state index < -0.39 is 0 Å². The smallest absolute Gasteiger partial charge is 0.0589 e. The van der Waals surface area contributed by atoms with Crippen molar-refractivity contribution in [3.63, 3.8) is 0 Å². The van der Waals surface area contributed by atoms with Crippen LogP contribution in [0.25, 0.3) is 0 Å². The highest BCUT2D eigenvalue weighted by Crippen LogP contribution is 2.17. The Hall–Kier alpha value is -0.900. The second-order valence-electron chi connectivity index (χ2n) is 4.21. The zero-order chi connectivity index (χ0) is 12.5. The SMILES string of the molecule is CCNCC(c1ccccc1)N(C)CCOC. The van der Waals surface area contributed by atoms with Gasteiger partial charge in [-0.05, 0) is 19.2 Å².